The van der Waals surface area contributed by atoms with Crippen LogP contribution in [0.5, 0.6) is 0 Å². The molecule has 0 aliphatic rings. The summed E-state index contributed by atoms with van der Waals surface area (Å²) in [5.41, 5.74) is 5.29. The summed E-state index contributed by atoms with van der Waals surface area (Å²) in [6.45, 7) is 10.4. The van der Waals surface area contributed by atoms with Crippen molar-refractivity contribution in [2.75, 3.05) is 0 Å². The summed E-state index contributed by atoms with van der Waals surface area (Å²) in [6, 6.07) is 0. The van der Waals surface area contributed by atoms with E-state index in [-0.39, 0.29) is 17.2 Å². The lowest BCUT2D eigenvalue weighted by molar-refractivity contribution is -0.125. The normalized spacial score (nSPS) is 17.1. The molecular formula is C10H21NO. The Balaban J connectivity index is 4.48. The first-order valence-electron chi connectivity index (χ1n) is 4.63. The van der Waals surface area contributed by atoms with E-state index < -0.39 is 0 Å². The third-order valence-electron chi connectivity index (χ3n) is 3.43. The third kappa shape index (κ3) is 2.23. The first-order valence-corrected chi connectivity index (χ1v) is 4.63. The fourth-order valence-corrected chi connectivity index (χ4v) is 1.32. The molecule has 0 aliphatic heterocycles. The lowest BCUT2D eigenvalue weighted by Gasteiger charge is -2.35. The van der Waals surface area contributed by atoms with Crippen LogP contribution < -0.4 is 5.73 Å². The van der Waals surface area contributed by atoms with Crippen molar-refractivity contribution in [2.24, 2.45) is 23.0 Å². The number of amides is 1. The minimum atomic E-state index is -0.194. The number of rotatable bonds is 4. The zero-order chi connectivity index (χ0) is 9.94. The van der Waals surface area contributed by atoms with E-state index in [4.69, 9.17) is 5.73 Å². The molecule has 2 atom stereocenters. The first-order chi connectivity index (χ1) is 5.34. The summed E-state index contributed by atoms with van der Waals surface area (Å²) in [6.07, 6.45) is 1.09. The van der Waals surface area contributed by atoms with E-state index in [9.17, 15) is 4.79 Å². The molecule has 0 fully saturated rings. The lowest BCUT2D eigenvalue weighted by Crippen LogP contribution is -2.37. The maximum atomic E-state index is 11.0. The molecule has 2 nitrogen and oxygen atoms in total. The lowest BCUT2D eigenvalue weighted by atomic mass is 9.69. The van der Waals surface area contributed by atoms with Gasteiger partial charge in [0.15, 0.2) is 0 Å². The van der Waals surface area contributed by atoms with Gasteiger partial charge in [-0.25, -0.2) is 0 Å². The number of carbonyl (C=O) groups excluding carboxylic acids is 1. The van der Waals surface area contributed by atoms with Gasteiger partial charge in [0.05, 0.1) is 0 Å². The molecule has 0 radical (unpaired) electrons. The van der Waals surface area contributed by atoms with Crippen molar-refractivity contribution < 1.29 is 4.79 Å². The Kier molecular flexibility index (Phi) is 3.75. The average molecular weight is 171 g/mol. The molecule has 0 bridgehead atoms. The molecule has 0 aliphatic carbocycles. The van der Waals surface area contributed by atoms with Gasteiger partial charge in [0.2, 0.25) is 5.91 Å². The predicted molar refractivity (Wildman–Crippen MR) is 51.6 cm³/mol. The van der Waals surface area contributed by atoms with Gasteiger partial charge in [0.25, 0.3) is 0 Å². The fraction of sp³-hybridized carbons (Fsp3) is 0.900. The molecular weight excluding hydrogens is 150 g/mol. The van der Waals surface area contributed by atoms with Crippen LogP contribution in [0.4, 0.5) is 0 Å². The summed E-state index contributed by atoms with van der Waals surface area (Å²) in [4.78, 5) is 11.0. The second kappa shape index (κ2) is 3.92. The molecule has 0 spiro atoms. The van der Waals surface area contributed by atoms with Crippen LogP contribution in [0.15, 0.2) is 0 Å². The highest BCUT2D eigenvalue weighted by molar-refractivity contribution is 5.77. The van der Waals surface area contributed by atoms with Gasteiger partial charge in [-0.1, -0.05) is 41.0 Å². The molecule has 0 aromatic carbocycles. The Morgan fingerprint density at radius 3 is 2.08 bits per heavy atom. The van der Waals surface area contributed by atoms with Crippen molar-refractivity contribution in [2.45, 2.75) is 41.0 Å². The molecule has 2 unspecified atom stereocenters. The Morgan fingerprint density at radius 1 is 1.42 bits per heavy atom. The quantitative estimate of drug-likeness (QED) is 0.692. The largest absolute Gasteiger partial charge is 0.369 e. The number of hydrogen-bond acceptors (Lipinski definition) is 1. The SMILES string of the molecule is CCC(C)C(C)(C)C(C)C(N)=O. The molecule has 2 N–H and O–H groups in total. The summed E-state index contributed by atoms with van der Waals surface area (Å²) in [5, 5.41) is 0. The molecule has 0 saturated carbocycles. The Bertz CT molecular complexity index is 163. The van der Waals surface area contributed by atoms with Crippen molar-refractivity contribution >= 4 is 5.91 Å². The molecule has 0 aromatic rings. The maximum absolute atomic E-state index is 11.0. The van der Waals surface area contributed by atoms with E-state index >= 15 is 0 Å². The molecule has 0 heterocycles. The summed E-state index contributed by atoms with van der Waals surface area (Å²) in [7, 11) is 0. The molecule has 0 aromatic heterocycles. The van der Waals surface area contributed by atoms with Gasteiger partial charge >= 0.3 is 0 Å². The predicted octanol–water partition coefficient (Wildman–Crippen LogP) is 2.18. The van der Waals surface area contributed by atoms with E-state index in [1.54, 1.807) is 0 Å². The van der Waals surface area contributed by atoms with Gasteiger partial charge in [0.1, 0.15) is 0 Å². The van der Waals surface area contributed by atoms with E-state index in [1.807, 2.05) is 6.92 Å². The van der Waals surface area contributed by atoms with Gasteiger partial charge in [-0.3, -0.25) is 4.79 Å². The Morgan fingerprint density at radius 2 is 1.83 bits per heavy atom. The van der Waals surface area contributed by atoms with Crippen LogP contribution in [0.2, 0.25) is 0 Å². The molecule has 12 heavy (non-hydrogen) atoms. The fourth-order valence-electron chi connectivity index (χ4n) is 1.32. The summed E-state index contributed by atoms with van der Waals surface area (Å²) >= 11 is 0. The number of nitrogens with two attached hydrogens (primary N) is 1. The van der Waals surface area contributed by atoms with Crippen LogP contribution in [-0.4, -0.2) is 5.91 Å². The minimum Gasteiger partial charge on any atom is -0.369 e. The second-order valence-electron chi connectivity index (χ2n) is 4.25. The van der Waals surface area contributed by atoms with Gasteiger partial charge in [0, 0.05) is 5.92 Å². The van der Waals surface area contributed by atoms with Crippen LogP contribution in [0.3, 0.4) is 0 Å². The minimum absolute atomic E-state index is 0.0145. The zero-order valence-electron chi connectivity index (χ0n) is 8.85. The van der Waals surface area contributed by atoms with E-state index in [2.05, 4.69) is 27.7 Å². The topological polar surface area (TPSA) is 43.1 Å². The van der Waals surface area contributed by atoms with Gasteiger partial charge in [-0.2, -0.15) is 0 Å². The van der Waals surface area contributed by atoms with Crippen molar-refractivity contribution in [3.8, 4) is 0 Å². The maximum Gasteiger partial charge on any atom is 0.220 e. The van der Waals surface area contributed by atoms with Crippen molar-refractivity contribution in [3.63, 3.8) is 0 Å². The van der Waals surface area contributed by atoms with Gasteiger partial charge in [-0.15, -0.1) is 0 Å². The Labute approximate surface area is 75.5 Å². The first kappa shape index (κ1) is 11.5. The van der Waals surface area contributed by atoms with Gasteiger partial charge < -0.3 is 5.73 Å². The standard InChI is InChI=1S/C10H21NO/c1-6-7(2)10(4,5)8(3)9(11)12/h7-8H,6H2,1-5H3,(H2,11,12). The zero-order valence-corrected chi connectivity index (χ0v) is 8.85. The van der Waals surface area contributed by atoms with Crippen LogP contribution >= 0.6 is 0 Å². The van der Waals surface area contributed by atoms with Crippen LogP contribution in [0, 0.1) is 17.3 Å². The number of carbonyl (C=O) groups is 1. The van der Waals surface area contributed by atoms with Crippen molar-refractivity contribution in [1.82, 2.24) is 0 Å². The number of hydrogen-bond donors (Lipinski definition) is 1. The summed E-state index contributed by atoms with van der Waals surface area (Å²) < 4.78 is 0. The Hall–Kier alpha value is -0.530. The van der Waals surface area contributed by atoms with Crippen LogP contribution in [-0.2, 0) is 4.79 Å². The van der Waals surface area contributed by atoms with Crippen molar-refractivity contribution in [1.29, 1.82) is 0 Å². The molecule has 72 valence electrons. The highest BCUT2D eigenvalue weighted by Crippen LogP contribution is 2.36. The highest BCUT2D eigenvalue weighted by Gasteiger charge is 2.33. The highest BCUT2D eigenvalue weighted by atomic mass is 16.1. The van der Waals surface area contributed by atoms with Crippen LogP contribution in [0.25, 0.3) is 0 Å². The molecule has 0 saturated heterocycles. The molecule has 1 amide bonds. The van der Waals surface area contributed by atoms with E-state index in [0.717, 1.165) is 6.42 Å². The van der Waals surface area contributed by atoms with Gasteiger partial charge in [-0.05, 0) is 11.3 Å². The van der Waals surface area contributed by atoms with E-state index in [1.165, 1.54) is 0 Å². The summed E-state index contributed by atoms with van der Waals surface area (Å²) in [5.74, 6) is 0.285. The number of primary amides is 1. The smallest absolute Gasteiger partial charge is 0.220 e. The molecule has 0 rings (SSSR count). The van der Waals surface area contributed by atoms with Crippen LogP contribution in [0.1, 0.15) is 41.0 Å². The molecule has 2 heteroatoms. The van der Waals surface area contributed by atoms with E-state index in [0.29, 0.717) is 5.92 Å². The average Bonchev–Trinajstić information content (AvgIpc) is 2.01. The van der Waals surface area contributed by atoms with Crippen molar-refractivity contribution in [3.05, 3.63) is 0 Å². The monoisotopic (exact) mass is 171 g/mol. The second-order valence-corrected chi connectivity index (χ2v) is 4.25. The third-order valence-corrected chi connectivity index (χ3v) is 3.43.